The Morgan fingerprint density at radius 3 is 2.68 bits per heavy atom. The molecule has 0 N–H and O–H groups in total. The standard InChI is InChI=1S/C14H20ClN3O/c1-10-16-13(15)9-14(17-10)18-6-4-11(5-7-18)12-3-2-8-19-12/h9,11-12H,2-8H2,1H3. The summed E-state index contributed by atoms with van der Waals surface area (Å²) in [4.78, 5) is 10.9. The minimum atomic E-state index is 0.498. The number of piperidine rings is 1. The third kappa shape index (κ3) is 3.00. The normalized spacial score (nSPS) is 24.9. The Morgan fingerprint density at radius 2 is 2.05 bits per heavy atom. The number of nitrogens with zero attached hydrogens (tertiary/aromatic N) is 3. The monoisotopic (exact) mass is 281 g/mol. The lowest BCUT2D eigenvalue weighted by Crippen LogP contribution is -2.38. The third-order valence-corrected chi connectivity index (χ3v) is 4.34. The molecule has 1 aromatic heterocycles. The summed E-state index contributed by atoms with van der Waals surface area (Å²) in [5.74, 6) is 2.42. The molecule has 3 heterocycles. The molecule has 0 aromatic carbocycles. The smallest absolute Gasteiger partial charge is 0.134 e. The molecule has 0 aliphatic carbocycles. The molecule has 2 fully saturated rings. The van der Waals surface area contributed by atoms with Gasteiger partial charge < -0.3 is 9.64 Å². The summed E-state index contributed by atoms with van der Waals surface area (Å²) in [6, 6.07) is 1.86. The summed E-state index contributed by atoms with van der Waals surface area (Å²) < 4.78 is 5.81. The van der Waals surface area contributed by atoms with Crippen molar-refractivity contribution in [2.75, 3.05) is 24.6 Å². The predicted molar refractivity (Wildman–Crippen MR) is 75.7 cm³/mol. The molecular weight excluding hydrogens is 262 g/mol. The van der Waals surface area contributed by atoms with Gasteiger partial charge in [-0.2, -0.15) is 0 Å². The van der Waals surface area contributed by atoms with E-state index < -0.39 is 0 Å². The van der Waals surface area contributed by atoms with Gasteiger partial charge in [-0.1, -0.05) is 11.6 Å². The van der Waals surface area contributed by atoms with Crippen molar-refractivity contribution in [1.29, 1.82) is 0 Å². The minimum absolute atomic E-state index is 0.498. The molecule has 104 valence electrons. The molecule has 1 atom stereocenters. The number of anilines is 1. The average Bonchev–Trinajstić information content (AvgIpc) is 2.91. The molecule has 0 bridgehead atoms. The van der Waals surface area contributed by atoms with Crippen LogP contribution in [0.15, 0.2) is 6.07 Å². The number of ether oxygens (including phenoxy) is 1. The number of hydrogen-bond donors (Lipinski definition) is 0. The van der Waals surface area contributed by atoms with Crippen LogP contribution in [0.4, 0.5) is 5.82 Å². The summed E-state index contributed by atoms with van der Waals surface area (Å²) in [5.41, 5.74) is 0. The Morgan fingerprint density at radius 1 is 1.26 bits per heavy atom. The average molecular weight is 282 g/mol. The summed E-state index contributed by atoms with van der Waals surface area (Å²) >= 11 is 6.00. The van der Waals surface area contributed by atoms with E-state index in [0.717, 1.165) is 37.3 Å². The summed E-state index contributed by atoms with van der Waals surface area (Å²) in [7, 11) is 0. The fourth-order valence-corrected chi connectivity index (χ4v) is 3.37. The second kappa shape index (κ2) is 5.63. The van der Waals surface area contributed by atoms with Gasteiger partial charge in [0.25, 0.3) is 0 Å². The molecule has 0 spiro atoms. The Kier molecular flexibility index (Phi) is 3.89. The Labute approximate surface area is 119 Å². The van der Waals surface area contributed by atoms with E-state index in [2.05, 4.69) is 14.9 Å². The summed E-state index contributed by atoms with van der Waals surface area (Å²) in [6.45, 7) is 4.91. The number of halogens is 1. The van der Waals surface area contributed by atoms with E-state index in [0.29, 0.717) is 11.3 Å². The molecular formula is C14H20ClN3O. The molecule has 4 nitrogen and oxygen atoms in total. The topological polar surface area (TPSA) is 38.2 Å². The van der Waals surface area contributed by atoms with Crippen molar-refractivity contribution in [3.05, 3.63) is 17.0 Å². The highest BCUT2D eigenvalue weighted by molar-refractivity contribution is 6.29. The molecule has 2 saturated heterocycles. The van der Waals surface area contributed by atoms with Gasteiger partial charge in [-0.3, -0.25) is 0 Å². The van der Waals surface area contributed by atoms with Crippen LogP contribution >= 0.6 is 11.6 Å². The van der Waals surface area contributed by atoms with Gasteiger partial charge in [-0.15, -0.1) is 0 Å². The van der Waals surface area contributed by atoms with Crippen LogP contribution in [0.5, 0.6) is 0 Å². The van der Waals surface area contributed by atoms with Crippen LogP contribution in [0.1, 0.15) is 31.5 Å². The lowest BCUT2D eigenvalue weighted by Gasteiger charge is -2.35. The van der Waals surface area contributed by atoms with Gasteiger partial charge in [-0.25, -0.2) is 9.97 Å². The summed E-state index contributed by atoms with van der Waals surface area (Å²) in [6.07, 6.45) is 5.34. The van der Waals surface area contributed by atoms with Gasteiger partial charge >= 0.3 is 0 Å². The van der Waals surface area contributed by atoms with Crippen LogP contribution in [-0.4, -0.2) is 35.8 Å². The van der Waals surface area contributed by atoms with E-state index in [9.17, 15) is 0 Å². The number of hydrogen-bond acceptors (Lipinski definition) is 4. The van der Waals surface area contributed by atoms with Crippen molar-refractivity contribution in [3.8, 4) is 0 Å². The van der Waals surface area contributed by atoms with Crippen molar-refractivity contribution in [2.45, 2.75) is 38.7 Å². The first-order chi connectivity index (χ1) is 9.22. The Balaban J connectivity index is 1.63. The number of aromatic nitrogens is 2. The largest absolute Gasteiger partial charge is 0.378 e. The van der Waals surface area contributed by atoms with E-state index in [1.165, 1.54) is 25.7 Å². The van der Waals surface area contributed by atoms with Gasteiger partial charge in [0.05, 0.1) is 6.10 Å². The molecule has 1 aromatic rings. The van der Waals surface area contributed by atoms with Crippen molar-refractivity contribution in [2.24, 2.45) is 5.92 Å². The molecule has 2 aliphatic heterocycles. The maximum Gasteiger partial charge on any atom is 0.134 e. The van der Waals surface area contributed by atoms with E-state index in [4.69, 9.17) is 16.3 Å². The molecule has 0 saturated carbocycles. The van der Waals surface area contributed by atoms with Crippen molar-refractivity contribution in [1.82, 2.24) is 9.97 Å². The predicted octanol–water partition coefficient (Wildman–Crippen LogP) is 2.83. The van der Waals surface area contributed by atoms with Crippen LogP contribution < -0.4 is 4.90 Å². The van der Waals surface area contributed by atoms with Crippen molar-refractivity contribution in [3.63, 3.8) is 0 Å². The highest BCUT2D eigenvalue weighted by Crippen LogP contribution is 2.30. The van der Waals surface area contributed by atoms with Gasteiger partial charge in [0.15, 0.2) is 0 Å². The molecule has 2 aliphatic rings. The third-order valence-electron chi connectivity index (χ3n) is 4.15. The number of rotatable bonds is 2. The molecule has 1 unspecified atom stereocenters. The zero-order chi connectivity index (χ0) is 13.2. The second-order valence-corrected chi connectivity index (χ2v) is 5.86. The maximum absolute atomic E-state index is 6.00. The first-order valence-corrected chi connectivity index (χ1v) is 7.48. The summed E-state index contributed by atoms with van der Waals surface area (Å²) in [5, 5.41) is 0.531. The van der Waals surface area contributed by atoms with Crippen LogP contribution in [0, 0.1) is 12.8 Å². The lowest BCUT2D eigenvalue weighted by atomic mass is 9.90. The van der Waals surface area contributed by atoms with Gasteiger partial charge in [0.1, 0.15) is 16.8 Å². The zero-order valence-electron chi connectivity index (χ0n) is 11.3. The second-order valence-electron chi connectivity index (χ2n) is 5.47. The van der Waals surface area contributed by atoms with E-state index in [-0.39, 0.29) is 0 Å². The fraction of sp³-hybridized carbons (Fsp3) is 0.714. The SMILES string of the molecule is Cc1nc(Cl)cc(N2CCC(C3CCCO3)CC2)n1. The first kappa shape index (κ1) is 13.1. The fourth-order valence-electron chi connectivity index (χ4n) is 3.15. The highest BCUT2D eigenvalue weighted by atomic mass is 35.5. The van der Waals surface area contributed by atoms with Crippen molar-refractivity contribution < 1.29 is 4.74 Å². The van der Waals surface area contributed by atoms with Crippen LogP contribution in [-0.2, 0) is 4.74 Å². The first-order valence-electron chi connectivity index (χ1n) is 7.10. The van der Waals surface area contributed by atoms with Crippen LogP contribution in [0.25, 0.3) is 0 Å². The Bertz CT molecular complexity index is 420. The highest BCUT2D eigenvalue weighted by Gasteiger charge is 2.29. The quantitative estimate of drug-likeness (QED) is 0.782. The van der Waals surface area contributed by atoms with E-state index in [1.54, 1.807) is 0 Å². The molecule has 3 rings (SSSR count). The zero-order valence-corrected chi connectivity index (χ0v) is 12.1. The minimum Gasteiger partial charge on any atom is -0.378 e. The van der Waals surface area contributed by atoms with Crippen LogP contribution in [0.3, 0.4) is 0 Å². The van der Waals surface area contributed by atoms with Crippen molar-refractivity contribution >= 4 is 17.4 Å². The number of aryl methyl sites for hydroxylation is 1. The van der Waals surface area contributed by atoms with Crippen LogP contribution in [0.2, 0.25) is 5.15 Å². The van der Waals surface area contributed by atoms with Gasteiger partial charge in [0.2, 0.25) is 0 Å². The molecule has 0 amide bonds. The van der Waals surface area contributed by atoms with Gasteiger partial charge in [-0.05, 0) is 38.5 Å². The molecule has 5 heteroatoms. The Hall–Kier alpha value is -0.870. The maximum atomic E-state index is 6.00. The lowest BCUT2D eigenvalue weighted by molar-refractivity contribution is 0.0531. The molecule has 0 radical (unpaired) electrons. The van der Waals surface area contributed by atoms with Gasteiger partial charge in [0, 0.05) is 25.8 Å². The van der Waals surface area contributed by atoms with E-state index in [1.807, 2.05) is 13.0 Å². The molecule has 19 heavy (non-hydrogen) atoms. The van der Waals surface area contributed by atoms with E-state index >= 15 is 0 Å².